The van der Waals surface area contributed by atoms with Crippen LogP contribution in [0.15, 0.2) is 59.6 Å². The van der Waals surface area contributed by atoms with Gasteiger partial charge in [-0.25, -0.2) is 14.7 Å². The Kier molecular flexibility index (Phi) is 6.32. The highest BCUT2D eigenvalue weighted by molar-refractivity contribution is 6.32. The van der Waals surface area contributed by atoms with Gasteiger partial charge in [-0.2, -0.15) is 0 Å². The smallest absolute Gasteiger partial charge is 0.212 e. The molecule has 32 heavy (non-hydrogen) atoms. The second kappa shape index (κ2) is 9.50. The lowest BCUT2D eigenvalue weighted by molar-refractivity contribution is 0.0247. The molecule has 1 saturated heterocycles. The SMILES string of the molecule is Clc1ccc(-c2cc(NC(=NC3CC3)NN3CCOCC3)nn2-c2ccccc2Cl)cc1. The van der Waals surface area contributed by atoms with E-state index in [-0.39, 0.29) is 0 Å². The third-order valence-corrected chi connectivity index (χ3v) is 5.88. The second-order valence-electron chi connectivity index (χ2n) is 7.83. The predicted molar refractivity (Wildman–Crippen MR) is 129 cm³/mol. The molecule has 1 saturated carbocycles. The zero-order valence-electron chi connectivity index (χ0n) is 17.5. The van der Waals surface area contributed by atoms with E-state index in [0.29, 0.717) is 41.1 Å². The molecule has 1 aliphatic carbocycles. The number of guanidine groups is 1. The summed E-state index contributed by atoms with van der Waals surface area (Å²) in [6.45, 7) is 3.00. The van der Waals surface area contributed by atoms with E-state index in [1.165, 1.54) is 0 Å². The lowest BCUT2D eigenvalue weighted by atomic mass is 10.1. The number of aliphatic imine (C=N–C) groups is 1. The Labute approximate surface area is 197 Å². The minimum absolute atomic E-state index is 0.354. The van der Waals surface area contributed by atoms with Gasteiger partial charge < -0.3 is 10.1 Å². The van der Waals surface area contributed by atoms with E-state index in [1.807, 2.05) is 59.3 Å². The minimum atomic E-state index is 0.354. The fraction of sp³-hybridized carbons (Fsp3) is 0.304. The molecular weight excluding hydrogens is 447 g/mol. The quantitative estimate of drug-likeness (QED) is 0.420. The van der Waals surface area contributed by atoms with Gasteiger partial charge in [0.2, 0.25) is 5.96 Å². The van der Waals surface area contributed by atoms with Crippen LogP contribution in [0.3, 0.4) is 0 Å². The van der Waals surface area contributed by atoms with Crippen LogP contribution in [0.2, 0.25) is 10.0 Å². The number of halogens is 2. The van der Waals surface area contributed by atoms with Gasteiger partial charge in [-0.05, 0) is 37.1 Å². The van der Waals surface area contributed by atoms with Gasteiger partial charge in [0.25, 0.3) is 0 Å². The maximum Gasteiger partial charge on any atom is 0.212 e. The standard InChI is InChI=1S/C23H24Cl2N6O/c24-17-7-5-16(6-8-17)21-15-22(28-31(21)20-4-2-1-3-19(20)25)27-23(26-18-9-10-18)29-30-11-13-32-14-12-30/h1-8,15,18H,9-14H2,(H2,26,27,28,29). The number of nitrogens with one attached hydrogen (secondary N) is 2. The first-order valence-electron chi connectivity index (χ1n) is 10.7. The average molecular weight is 471 g/mol. The molecule has 166 valence electrons. The Hall–Kier alpha value is -2.58. The Morgan fingerprint density at radius 2 is 1.78 bits per heavy atom. The second-order valence-corrected chi connectivity index (χ2v) is 8.67. The molecule has 1 aromatic heterocycles. The van der Waals surface area contributed by atoms with Crippen molar-refractivity contribution in [2.75, 3.05) is 31.6 Å². The molecule has 9 heteroatoms. The summed E-state index contributed by atoms with van der Waals surface area (Å²) in [5.41, 5.74) is 6.08. The first-order chi connectivity index (χ1) is 15.7. The monoisotopic (exact) mass is 470 g/mol. The summed E-state index contributed by atoms with van der Waals surface area (Å²) in [5, 5.41) is 11.6. The highest BCUT2D eigenvalue weighted by Gasteiger charge is 2.23. The number of rotatable bonds is 5. The molecule has 1 aliphatic heterocycles. The van der Waals surface area contributed by atoms with Crippen molar-refractivity contribution in [2.45, 2.75) is 18.9 Å². The van der Waals surface area contributed by atoms with Gasteiger partial charge >= 0.3 is 0 Å². The Balaban J connectivity index is 1.48. The first kappa shape index (κ1) is 21.3. The van der Waals surface area contributed by atoms with Crippen LogP contribution in [0.1, 0.15) is 12.8 Å². The molecule has 7 nitrogen and oxygen atoms in total. The van der Waals surface area contributed by atoms with Crippen LogP contribution >= 0.6 is 23.2 Å². The highest BCUT2D eigenvalue weighted by Crippen LogP contribution is 2.30. The average Bonchev–Trinajstić information content (AvgIpc) is 3.52. The van der Waals surface area contributed by atoms with E-state index in [4.69, 9.17) is 38.0 Å². The largest absolute Gasteiger partial charge is 0.379 e. The maximum atomic E-state index is 6.51. The van der Waals surface area contributed by atoms with E-state index < -0.39 is 0 Å². The number of aromatic nitrogens is 2. The fourth-order valence-corrected chi connectivity index (χ4v) is 3.84. The van der Waals surface area contributed by atoms with Crippen molar-refractivity contribution in [1.29, 1.82) is 0 Å². The summed E-state index contributed by atoms with van der Waals surface area (Å²) >= 11 is 12.6. The number of para-hydroxylation sites is 1. The molecule has 2 heterocycles. The number of hydrazine groups is 1. The zero-order chi connectivity index (χ0) is 21.9. The normalized spacial score (nSPS) is 17.4. The van der Waals surface area contributed by atoms with Crippen molar-refractivity contribution < 1.29 is 4.74 Å². The molecule has 0 atom stereocenters. The maximum absolute atomic E-state index is 6.51. The van der Waals surface area contributed by atoms with Gasteiger partial charge in [0.05, 0.1) is 35.7 Å². The van der Waals surface area contributed by atoms with E-state index in [0.717, 1.165) is 42.9 Å². The van der Waals surface area contributed by atoms with Crippen molar-refractivity contribution in [3.8, 4) is 16.9 Å². The third-order valence-electron chi connectivity index (χ3n) is 5.31. The van der Waals surface area contributed by atoms with Crippen molar-refractivity contribution >= 4 is 35.0 Å². The molecule has 5 rings (SSSR count). The molecular formula is C23H24Cl2N6O. The number of morpholine rings is 1. The molecule has 2 fully saturated rings. The summed E-state index contributed by atoms with van der Waals surface area (Å²) in [6.07, 6.45) is 2.22. The molecule has 0 radical (unpaired) electrons. The van der Waals surface area contributed by atoms with Crippen LogP contribution < -0.4 is 10.7 Å². The highest BCUT2D eigenvalue weighted by atomic mass is 35.5. The van der Waals surface area contributed by atoms with Gasteiger partial charge in [-0.15, -0.1) is 5.10 Å². The number of hydrogen-bond donors (Lipinski definition) is 2. The van der Waals surface area contributed by atoms with Crippen molar-refractivity contribution in [1.82, 2.24) is 20.2 Å². The number of ether oxygens (including phenoxy) is 1. The topological polar surface area (TPSA) is 66.7 Å². The van der Waals surface area contributed by atoms with E-state index in [1.54, 1.807) is 0 Å². The van der Waals surface area contributed by atoms with Crippen molar-refractivity contribution in [2.24, 2.45) is 4.99 Å². The fourth-order valence-electron chi connectivity index (χ4n) is 3.50. The summed E-state index contributed by atoms with van der Waals surface area (Å²) in [4.78, 5) is 4.81. The third kappa shape index (κ3) is 5.07. The van der Waals surface area contributed by atoms with Gasteiger partial charge in [-0.3, -0.25) is 5.43 Å². The Morgan fingerprint density at radius 3 is 2.50 bits per heavy atom. The summed E-state index contributed by atoms with van der Waals surface area (Å²) in [5.74, 6) is 1.37. The molecule has 2 aromatic carbocycles. The van der Waals surface area contributed by atoms with Crippen LogP contribution in [0.25, 0.3) is 16.9 Å². The van der Waals surface area contributed by atoms with E-state index in [9.17, 15) is 0 Å². The van der Waals surface area contributed by atoms with Crippen LogP contribution in [0, 0.1) is 0 Å². The lowest BCUT2D eigenvalue weighted by Gasteiger charge is -2.28. The molecule has 0 bridgehead atoms. The summed E-state index contributed by atoms with van der Waals surface area (Å²) in [7, 11) is 0. The molecule has 0 amide bonds. The van der Waals surface area contributed by atoms with Gasteiger partial charge in [0.1, 0.15) is 0 Å². The minimum Gasteiger partial charge on any atom is -0.379 e. The van der Waals surface area contributed by atoms with Crippen molar-refractivity contribution in [3.05, 3.63) is 64.6 Å². The van der Waals surface area contributed by atoms with Crippen LogP contribution in [-0.4, -0.2) is 53.1 Å². The van der Waals surface area contributed by atoms with Gasteiger partial charge in [-0.1, -0.05) is 47.5 Å². The van der Waals surface area contributed by atoms with Crippen LogP contribution in [0.5, 0.6) is 0 Å². The van der Waals surface area contributed by atoms with E-state index in [2.05, 4.69) is 15.8 Å². The molecule has 2 N–H and O–H groups in total. The number of benzene rings is 2. The van der Waals surface area contributed by atoms with Crippen LogP contribution in [-0.2, 0) is 4.74 Å². The first-order valence-corrected chi connectivity index (χ1v) is 11.5. The summed E-state index contributed by atoms with van der Waals surface area (Å²) < 4.78 is 7.29. The molecule has 2 aliphatic rings. The predicted octanol–water partition coefficient (Wildman–Crippen LogP) is 4.61. The van der Waals surface area contributed by atoms with E-state index >= 15 is 0 Å². The number of anilines is 1. The Morgan fingerprint density at radius 1 is 1.03 bits per heavy atom. The molecule has 0 unspecified atom stereocenters. The van der Waals surface area contributed by atoms with Crippen molar-refractivity contribution in [3.63, 3.8) is 0 Å². The van der Waals surface area contributed by atoms with Gasteiger partial charge in [0, 0.05) is 29.7 Å². The number of hydrogen-bond acceptors (Lipinski definition) is 4. The zero-order valence-corrected chi connectivity index (χ0v) is 19.0. The molecule has 3 aromatic rings. The van der Waals surface area contributed by atoms with Crippen LogP contribution in [0.4, 0.5) is 5.82 Å². The Bertz CT molecular complexity index is 1100. The van der Waals surface area contributed by atoms with Gasteiger partial charge in [0.15, 0.2) is 5.82 Å². The summed E-state index contributed by atoms with van der Waals surface area (Å²) in [6, 6.07) is 17.7. The number of nitrogens with zero attached hydrogens (tertiary/aromatic N) is 4. The lowest BCUT2D eigenvalue weighted by Crippen LogP contribution is -2.50. The molecule has 0 spiro atoms.